The maximum atomic E-state index is 12.5. The number of nitrogens with one attached hydrogen (secondary N) is 1. The molecule has 2 unspecified atom stereocenters. The second kappa shape index (κ2) is 6.89. The Balaban J connectivity index is 2.82. The van der Waals surface area contributed by atoms with Crippen LogP contribution in [-0.2, 0) is 6.18 Å². The fraction of sp³-hybridized carbons (Fsp3) is 0.643. The zero-order valence-electron chi connectivity index (χ0n) is 11.6. The molecular weight excluding hydrogens is 253 g/mol. The summed E-state index contributed by atoms with van der Waals surface area (Å²) in [4.78, 5) is 3.99. The average molecular weight is 274 g/mol. The first-order valence-corrected chi connectivity index (χ1v) is 6.66. The number of aromatic nitrogens is 1. The Kier molecular flexibility index (Phi) is 5.79. The van der Waals surface area contributed by atoms with Gasteiger partial charge in [-0.3, -0.25) is 4.98 Å². The molecule has 0 aromatic carbocycles. The van der Waals surface area contributed by atoms with Crippen molar-refractivity contribution in [1.82, 2.24) is 10.3 Å². The third-order valence-corrected chi connectivity index (χ3v) is 3.25. The number of hydrogen-bond acceptors (Lipinski definition) is 2. The van der Waals surface area contributed by atoms with Gasteiger partial charge in [-0.25, -0.2) is 0 Å². The first kappa shape index (κ1) is 16.0. The standard InChI is InChI=1S/C14H21F3N2/c1-4-8-18-10(3)12(5-2)13-7-6-11(9-19-13)14(15,16)17/h6-7,9-10,12,18H,4-5,8H2,1-3H3. The van der Waals surface area contributed by atoms with Crippen molar-refractivity contribution < 1.29 is 13.2 Å². The number of rotatable bonds is 6. The van der Waals surface area contributed by atoms with Crippen molar-refractivity contribution in [2.24, 2.45) is 0 Å². The molecule has 19 heavy (non-hydrogen) atoms. The van der Waals surface area contributed by atoms with Gasteiger partial charge in [-0.15, -0.1) is 0 Å². The molecule has 0 fully saturated rings. The Morgan fingerprint density at radius 1 is 1.26 bits per heavy atom. The van der Waals surface area contributed by atoms with Crippen LogP contribution in [0.5, 0.6) is 0 Å². The van der Waals surface area contributed by atoms with E-state index < -0.39 is 11.7 Å². The molecule has 108 valence electrons. The SMILES string of the molecule is CCCNC(C)C(CC)c1ccc(C(F)(F)F)cn1. The molecule has 0 radical (unpaired) electrons. The molecule has 0 saturated heterocycles. The molecule has 1 aromatic rings. The van der Waals surface area contributed by atoms with Gasteiger partial charge < -0.3 is 5.32 Å². The molecule has 1 N–H and O–H groups in total. The fourth-order valence-electron chi connectivity index (χ4n) is 2.13. The maximum absolute atomic E-state index is 12.5. The second-order valence-corrected chi connectivity index (χ2v) is 4.73. The van der Waals surface area contributed by atoms with Gasteiger partial charge in [-0.05, 0) is 38.4 Å². The van der Waals surface area contributed by atoms with Crippen LogP contribution in [0.1, 0.15) is 50.8 Å². The Bertz CT molecular complexity index is 373. The van der Waals surface area contributed by atoms with Crippen LogP contribution in [0.2, 0.25) is 0 Å². The van der Waals surface area contributed by atoms with Gasteiger partial charge in [0.1, 0.15) is 0 Å². The quantitative estimate of drug-likeness (QED) is 0.848. The van der Waals surface area contributed by atoms with Crippen LogP contribution in [0.3, 0.4) is 0 Å². The van der Waals surface area contributed by atoms with Crippen molar-refractivity contribution in [3.8, 4) is 0 Å². The van der Waals surface area contributed by atoms with E-state index in [9.17, 15) is 13.2 Å². The van der Waals surface area contributed by atoms with Gasteiger partial charge in [0.2, 0.25) is 0 Å². The van der Waals surface area contributed by atoms with Crippen LogP contribution >= 0.6 is 0 Å². The molecule has 0 aliphatic heterocycles. The number of nitrogens with zero attached hydrogens (tertiary/aromatic N) is 1. The average Bonchev–Trinajstić information content (AvgIpc) is 2.37. The number of pyridine rings is 1. The summed E-state index contributed by atoms with van der Waals surface area (Å²) in [6.45, 7) is 7.05. The zero-order chi connectivity index (χ0) is 14.5. The first-order chi connectivity index (χ1) is 8.90. The number of halogens is 3. The lowest BCUT2D eigenvalue weighted by Gasteiger charge is -2.23. The molecule has 1 aromatic heterocycles. The van der Waals surface area contributed by atoms with Crippen LogP contribution in [0, 0.1) is 0 Å². The van der Waals surface area contributed by atoms with Crippen LogP contribution in [-0.4, -0.2) is 17.6 Å². The Hall–Kier alpha value is -1.10. The highest BCUT2D eigenvalue weighted by Gasteiger charge is 2.31. The van der Waals surface area contributed by atoms with Gasteiger partial charge in [-0.1, -0.05) is 13.8 Å². The van der Waals surface area contributed by atoms with E-state index in [2.05, 4.69) is 17.2 Å². The fourth-order valence-corrected chi connectivity index (χ4v) is 2.13. The molecule has 0 aliphatic rings. The first-order valence-electron chi connectivity index (χ1n) is 6.66. The van der Waals surface area contributed by atoms with Crippen LogP contribution in [0.25, 0.3) is 0 Å². The lowest BCUT2D eigenvalue weighted by atomic mass is 9.93. The molecular formula is C14H21F3N2. The molecule has 0 amide bonds. The van der Waals surface area contributed by atoms with E-state index in [1.165, 1.54) is 6.07 Å². The highest BCUT2D eigenvalue weighted by molar-refractivity contribution is 5.20. The summed E-state index contributed by atoms with van der Waals surface area (Å²) in [5, 5.41) is 3.36. The van der Waals surface area contributed by atoms with E-state index in [0.29, 0.717) is 5.69 Å². The third kappa shape index (κ3) is 4.49. The summed E-state index contributed by atoms with van der Waals surface area (Å²) in [5.41, 5.74) is 0.0203. The minimum absolute atomic E-state index is 0.133. The predicted octanol–water partition coefficient (Wildman–Crippen LogP) is 3.98. The summed E-state index contributed by atoms with van der Waals surface area (Å²) in [6.07, 6.45) is -1.53. The van der Waals surface area contributed by atoms with Gasteiger partial charge in [-0.2, -0.15) is 13.2 Å². The van der Waals surface area contributed by atoms with Crippen molar-refractivity contribution in [3.63, 3.8) is 0 Å². The third-order valence-electron chi connectivity index (χ3n) is 3.25. The van der Waals surface area contributed by atoms with Crippen molar-refractivity contribution >= 4 is 0 Å². The molecule has 5 heteroatoms. The van der Waals surface area contributed by atoms with E-state index in [1.807, 2.05) is 13.8 Å². The topological polar surface area (TPSA) is 24.9 Å². The highest BCUT2D eigenvalue weighted by atomic mass is 19.4. The van der Waals surface area contributed by atoms with Crippen molar-refractivity contribution in [3.05, 3.63) is 29.6 Å². The maximum Gasteiger partial charge on any atom is 0.417 e. The number of hydrogen-bond donors (Lipinski definition) is 1. The van der Waals surface area contributed by atoms with E-state index in [-0.39, 0.29) is 12.0 Å². The summed E-state index contributed by atoms with van der Waals surface area (Å²) < 4.78 is 37.4. The van der Waals surface area contributed by atoms with Crippen LogP contribution in [0.4, 0.5) is 13.2 Å². The Labute approximate surface area is 112 Å². The van der Waals surface area contributed by atoms with Crippen molar-refractivity contribution in [2.45, 2.75) is 51.7 Å². The monoisotopic (exact) mass is 274 g/mol. The second-order valence-electron chi connectivity index (χ2n) is 4.73. The zero-order valence-corrected chi connectivity index (χ0v) is 11.6. The van der Waals surface area contributed by atoms with E-state index in [4.69, 9.17) is 0 Å². The van der Waals surface area contributed by atoms with Crippen molar-refractivity contribution in [2.75, 3.05) is 6.54 Å². The molecule has 1 rings (SSSR count). The number of alkyl halides is 3. The Morgan fingerprint density at radius 3 is 2.37 bits per heavy atom. The van der Waals surface area contributed by atoms with Crippen LogP contribution < -0.4 is 5.32 Å². The molecule has 2 nitrogen and oxygen atoms in total. The molecule has 1 heterocycles. The predicted molar refractivity (Wildman–Crippen MR) is 70.0 cm³/mol. The minimum Gasteiger partial charge on any atom is -0.314 e. The van der Waals surface area contributed by atoms with Gasteiger partial charge in [0.15, 0.2) is 0 Å². The van der Waals surface area contributed by atoms with E-state index in [1.54, 1.807) is 0 Å². The van der Waals surface area contributed by atoms with Gasteiger partial charge in [0.25, 0.3) is 0 Å². The smallest absolute Gasteiger partial charge is 0.314 e. The van der Waals surface area contributed by atoms with Gasteiger partial charge >= 0.3 is 6.18 Å². The summed E-state index contributed by atoms with van der Waals surface area (Å²) in [5.74, 6) is 0.133. The molecule has 2 atom stereocenters. The molecule has 0 spiro atoms. The summed E-state index contributed by atoms with van der Waals surface area (Å²) >= 11 is 0. The molecule has 0 aliphatic carbocycles. The van der Waals surface area contributed by atoms with Crippen molar-refractivity contribution in [1.29, 1.82) is 0 Å². The molecule has 0 bridgehead atoms. The summed E-state index contributed by atoms with van der Waals surface area (Å²) in [7, 11) is 0. The van der Waals surface area contributed by atoms with Gasteiger partial charge in [0.05, 0.1) is 5.56 Å². The van der Waals surface area contributed by atoms with E-state index >= 15 is 0 Å². The Morgan fingerprint density at radius 2 is 1.95 bits per heavy atom. The largest absolute Gasteiger partial charge is 0.417 e. The summed E-state index contributed by atoms with van der Waals surface area (Å²) in [6, 6.07) is 2.80. The lowest BCUT2D eigenvalue weighted by molar-refractivity contribution is -0.137. The highest BCUT2D eigenvalue weighted by Crippen LogP contribution is 2.30. The minimum atomic E-state index is -4.32. The van der Waals surface area contributed by atoms with Crippen LogP contribution in [0.15, 0.2) is 18.3 Å². The van der Waals surface area contributed by atoms with Gasteiger partial charge in [0, 0.05) is 23.9 Å². The molecule has 0 saturated carbocycles. The van der Waals surface area contributed by atoms with E-state index in [0.717, 1.165) is 31.6 Å². The lowest BCUT2D eigenvalue weighted by Crippen LogP contribution is -2.33. The normalized spacial score (nSPS) is 15.3.